The van der Waals surface area contributed by atoms with E-state index >= 15 is 0 Å². The summed E-state index contributed by atoms with van der Waals surface area (Å²) in [4.78, 5) is 17.9. The summed E-state index contributed by atoms with van der Waals surface area (Å²) in [5.41, 5.74) is 0. The molecule has 3 aromatic rings. The van der Waals surface area contributed by atoms with Crippen LogP contribution in [0.15, 0.2) is 55.1 Å². The third kappa shape index (κ3) is 7.86. The van der Waals surface area contributed by atoms with Crippen molar-refractivity contribution in [3.8, 4) is 17.2 Å². The fraction of sp³-hybridized carbons (Fsp3) is 0.238. The molecule has 0 aliphatic carbocycles. The van der Waals surface area contributed by atoms with E-state index in [1.165, 1.54) is 35.2 Å². The largest absolute Gasteiger partial charge is 0.508 e. The topological polar surface area (TPSA) is 87.8 Å². The fourth-order valence-electron chi connectivity index (χ4n) is 2.49. The van der Waals surface area contributed by atoms with Crippen molar-refractivity contribution < 1.29 is 19.7 Å². The third-order valence-corrected chi connectivity index (χ3v) is 4.69. The Morgan fingerprint density at radius 2 is 1.65 bits per heavy atom. The number of ether oxygens (including phenoxy) is 1. The molecule has 0 unspecified atom stereocenters. The van der Waals surface area contributed by atoms with Crippen LogP contribution >= 0.6 is 34.8 Å². The molecule has 1 heterocycles. The van der Waals surface area contributed by atoms with Gasteiger partial charge in [-0.3, -0.25) is 4.57 Å². The average molecular weight is 487 g/mol. The predicted molar refractivity (Wildman–Crippen MR) is 122 cm³/mol. The number of phenolic OH excluding ortho intramolecular Hbond substituents is 2. The minimum Gasteiger partial charge on any atom is -0.508 e. The Bertz CT molecular complexity index is 923. The molecule has 7 nitrogen and oxygen atoms in total. The number of amides is 1. The van der Waals surface area contributed by atoms with Crippen molar-refractivity contribution in [2.45, 2.75) is 13.3 Å². The minimum atomic E-state index is -0.152. The van der Waals surface area contributed by atoms with Crippen molar-refractivity contribution in [1.82, 2.24) is 14.5 Å². The van der Waals surface area contributed by atoms with Crippen LogP contribution in [0.3, 0.4) is 0 Å². The van der Waals surface area contributed by atoms with Crippen LogP contribution < -0.4 is 4.74 Å². The van der Waals surface area contributed by atoms with Gasteiger partial charge in [-0.05, 0) is 42.8 Å². The smallest absolute Gasteiger partial charge is 0.329 e. The Morgan fingerprint density at radius 3 is 2.13 bits per heavy atom. The number of halogens is 3. The lowest BCUT2D eigenvalue weighted by atomic mass is 10.3. The van der Waals surface area contributed by atoms with Crippen LogP contribution in [0.2, 0.25) is 15.1 Å². The number of carbonyl (C=O) groups excluding carboxylic acids is 1. The normalized spacial score (nSPS) is 10.2. The first kappa shape index (κ1) is 24.7. The molecule has 2 aromatic carbocycles. The van der Waals surface area contributed by atoms with Crippen LogP contribution in [0.1, 0.15) is 13.3 Å². The van der Waals surface area contributed by atoms with E-state index in [2.05, 4.69) is 4.98 Å². The molecule has 0 atom stereocenters. The summed E-state index contributed by atoms with van der Waals surface area (Å²) in [7, 11) is 0. The van der Waals surface area contributed by atoms with Crippen molar-refractivity contribution in [3.05, 3.63) is 70.2 Å². The van der Waals surface area contributed by atoms with E-state index in [1.807, 2.05) is 6.92 Å². The van der Waals surface area contributed by atoms with Crippen molar-refractivity contribution in [1.29, 1.82) is 0 Å². The standard InChI is InChI=1S/C15H16Cl3N3O2.C6H6O2/c1-2-4-20(15(22)21-5-3-19-10-21)6-7-23-14-12(17)8-11(16)9-13(14)18;7-5-1-2-6(8)4-3-5/h3,5,8-10H,2,4,6-7H2,1H3;1-4,7-8H. The lowest BCUT2D eigenvalue weighted by molar-refractivity contribution is 0.184. The molecular formula is C21H22Cl3N3O4. The van der Waals surface area contributed by atoms with Crippen molar-refractivity contribution in [3.63, 3.8) is 0 Å². The SMILES string of the molecule is CCCN(CCOc1c(Cl)cc(Cl)cc1Cl)C(=O)n1ccnc1.Oc1ccc(O)cc1. The summed E-state index contributed by atoms with van der Waals surface area (Å²) in [6.07, 6.45) is 5.48. The highest BCUT2D eigenvalue weighted by Crippen LogP contribution is 2.35. The second-order valence-electron chi connectivity index (χ2n) is 6.30. The molecule has 0 bridgehead atoms. The summed E-state index contributed by atoms with van der Waals surface area (Å²) in [6, 6.07) is 8.67. The molecule has 31 heavy (non-hydrogen) atoms. The maximum absolute atomic E-state index is 12.3. The van der Waals surface area contributed by atoms with E-state index in [1.54, 1.807) is 29.4 Å². The van der Waals surface area contributed by atoms with Gasteiger partial charge in [-0.25, -0.2) is 9.78 Å². The zero-order valence-electron chi connectivity index (χ0n) is 16.7. The van der Waals surface area contributed by atoms with E-state index in [0.29, 0.717) is 33.9 Å². The van der Waals surface area contributed by atoms with E-state index < -0.39 is 0 Å². The number of benzene rings is 2. The summed E-state index contributed by atoms with van der Waals surface area (Å²) < 4.78 is 7.05. The number of aromatic hydroxyl groups is 2. The van der Waals surface area contributed by atoms with Crippen LogP contribution in [0.25, 0.3) is 0 Å². The minimum absolute atomic E-state index is 0.152. The summed E-state index contributed by atoms with van der Waals surface area (Å²) in [6.45, 7) is 3.28. The van der Waals surface area contributed by atoms with Crippen molar-refractivity contribution in [2.75, 3.05) is 19.7 Å². The first-order valence-corrected chi connectivity index (χ1v) is 10.5. The molecule has 166 valence electrons. The molecule has 0 spiro atoms. The first-order chi connectivity index (χ1) is 14.8. The summed E-state index contributed by atoms with van der Waals surface area (Å²) in [5.74, 6) is 0.704. The van der Waals surface area contributed by atoms with Gasteiger partial charge in [-0.15, -0.1) is 0 Å². The monoisotopic (exact) mass is 485 g/mol. The molecule has 0 radical (unpaired) electrons. The highest BCUT2D eigenvalue weighted by molar-refractivity contribution is 6.40. The van der Waals surface area contributed by atoms with E-state index in [4.69, 9.17) is 49.8 Å². The van der Waals surface area contributed by atoms with Gasteiger partial charge in [0.2, 0.25) is 0 Å². The van der Waals surface area contributed by atoms with Gasteiger partial charge < -0.3 is 19.8 Å². The Balaban J connectivity index is 0.000000357. The Kier molecular flexibility index (Phi) is 9.78. The van der Waals surface area contributed by atoms with E-state index in [-0.39, 0.29) is 24.1 Å². The molecule has 0 saturated heterocycles. The molecule has 0 saturated carbocycles. The third-order valence-electron chi connectivity index (χ3n) is 3.91. The fourth-order valence-corrected chi connectivity index (χ4v) is 3.41. The number of hydrogen-bond donors (Lipinski definition) is 2. The maximum Gasteiger partial charge on any atom is 0.329 e. The Morgan fingerprint density at radius 1 is 1.06 bits per heavy atom. The number of hydrogen-bond acceptors (Lipinski definition) is 5. The first-order valence-electron chi connectivity index (χ1n) is 9.34. The van der Waals surface area contributed by atoms with Crippen molar-refractivity contribution >= 4 is 40.8 Å². The van der Waals surface area contributed by atoms with Gasteiger partial charge in [0.25, 0.3) is 0 Å². The molecule has 1 aromatic heterocycles. The number of imidazole rings is 1. The molecular weight excluding hydrogens is 465 g/mol. The lowest BCUT2D eigenvalue weighted by Gasteiger charge is -2.22. The van der Waals surface area contributed by atoms with Gasteiger partial charge in [0.15, 0.2) is 5.75 Å². The number of carbonyl (C=O) groups is 1. The van der Waals surface area contributed by atoms with Gasteiger partial charge in [-0.1, -0.05) is 41.7 Å². The number of phenols is 2. The predicted octanol–water partition coefficient (Wildman–Crippen LogP) is 5.70. The highest BCUT2D eigenvalue weighted by atomic mass is 35.5. The van der Waals surface area contributed by atoms with Crippen LogP contribution in [0.5, 0.6) is 17.2 Å². The average Bonchev–Trinajstić information content (AvgIpc) is 3.26. The molecule has 0 aliphatic rings. The molecule has 0 fully saturated rings. The van der Waals surface area contributed by atoms with Crippen molar-refractivity contribution in [2.24, 2.45) is 0 Å². The molecule has 10 heteroatoms. The lowest BCUT2D eigenvalue weighted by Crippen LogP contribution is -2.37. The maximum atomic E-state index is 12.3. The molecule has 3 rings (SSSR count). The number of nitrogens with zero attached hydrogens (tertiary/aromatic N) is 3. The summed E-state index contributed by atoms with van der Waals surface area (Å²) >= 11 is 18.0. The van der Waals surface area contributed by atoms with Gasteiger partial charge >= 0.3 is 6.03 Å². The van der Waals surface area contributed by atoms with Gasteiger partial charge in [-0.2, -0.15) is 0 Å². The van der Waals surface area contributed by atoms with Crippen LogP contribution in [-0.4, -0.2) is 50.4 Å². The summed E-state index contributed by atoms with van der Waals surface area (Å²) in [5, 5.41) is 18.4. The highest BCUT2D eigenvalue weighted by Gasteiger charge is 2.15. The second-order valence-corrected chi connectivity index (χ2v) is 7.55. The second kappa shape index (κ2) is 12.3. The molecule has 1 amide bonds. The number of rotatable bonds is 6. The Labute approximate surface area is 195 Å². The molecule has 2 N–H and O–H groups in total. The van der Waals surface area contributed by atoms with Crippen LogP contribution in [-0.2, 0) is 0 Å². The van der Waals surface area contributed by atoms with E-state index in [0.717, 1.165) is 6.42 Å². The van der Waals surface area contributed by atoms with Crippen LogP contribution in [0, 0.1) is 0 Å². The van der Waals surface area contributed by atoms with Gasteiger partial charge in [0, 0.05) is 24.0 Å². The zero-order valence-corrected chi connectivity index (χ0v) is 19.0. The van der Waals surface area contributed by atoms with Crippen LogP contribution in [0.4, 0.5) is 4.79 Å². The Hall–Kier alpha value is -2.61. The number of aromatic nitrogens is 2. The van der Waals surface area contributed by atoms with Gasteiger partial charge in [0.1, 0.15) is 24.4 Å². The quantitative estimate of drug-likeness (QED) is 0.436. The van der Waals surface area contributed by atoms with Gasteiger partial charge in [0.05, 0.1) is 16.6 Å². The van der Waals surface area contributed by atoms with E-state index in [9.17, 15) is 4.79 Å². The molecule has 0 aliphatic heterocycles. The zero-order chi connectivity index (χ0) is 22.8.